The lowest BCUT2D eigenvalue weighted by molar-refractivity contribution is 0.578. The predicted molar refractivity (Wildman–Crippen MR) is 131 cm³/mol. The van der Waals surface area contributed by atoms with Crippen molar-refractivity contribution in [1.82, 2.24) is 9.66 Å². The van der Waals surface area contributed by atoms with Gasteiger partial charge >= 0.3 is 0 Å². The van der Waals surface area contributed by atoms with Gasteiger partial charge in [0.1, 0.15) is 5.82 Å². The Labute approximate surface area is 190 Å². The van der Waals surface area contributed by atoms with Crippen LogP contribution < -0.4 is 5.01 Å². The first kappa shape index (κ1) is 22.1. The standard InChI is InChI=1S/C28H32FN3/c1-20-21(2)32(27-18-30-16-14-26(20)27)31(17-15-22-8-12-25(29)13-9-22)19-23-6-10-24(11-7-23)28(3,4)5/h6-14,16,18H,15,17,19H2,1-5H3. The third-order valence-corrected chi connectivity index (χ3v) is 6.33. The van der Waals surface area contributed by atoms with Crippen molar-refractivity contribution in [2.24, 2.45) is 0 Å². The van der Waals surface area contributed by atoms with Gasteiger partial charge in [-0.2, -0.15) is 0 Å². The lowest BCUT2D eigenvalue weighted by atomic mass is 9.87. The van der Waals surface area contributed by atoms with Crippen LogP contribution in [0.5, 0.6) is 0 Å². The monoisotopic (exact) mass is 429 g/mol. The van der Waals surface area contributed by atoms with Gasteiger partial charge in [-0.25, -0.2) is 4.39 Å². The number of pyridine rings is 1. The lowest BCUT2D eigenvalue weighted by Crippen LogP contribution is -2.36. The smallest absolute Gasteiger partial charge is 0.123 e. The zero-order chi connectivity index (χ0) is 22.9. The molecule has 0 saturated heterocycles. The normalized spacial score (nSPS) is 11.8. The van der Waals surface area contributed by atoms with E-state index in [4.69, 9.17) is 0 Å². The van der Waals surface area contributed by atoms with Crippen molar-refractivity contribution < 1.29 is 4.39 Å². The molecule has 2 heterocycles. The Balaban J connectivity index is 1.69. The summed E-state index contributed by atoms with van der Waals surface area (Å²) >= 11 is 0. The Kier molecular flexibility index (Phi) is 6.05. The average Bonchev–Trinajstić information content (AvgIpc) is 3.02. The highest BCUT2D eigenvalue weighted by Crippen LogP contribution is 2.26. The Morgan fingerprint density at radius 2 is 1.56 bits per heavy atom. The second-order valence-electron chi connectivity index (χ2n) is 9.63. The van der Waals surface area contributed by atoms with E-state index < -0.39 is 0 Å². The van der Waals surface area contributed by atoms with Crippen LogP contribution in [0.1, 0.15) is 48.7 Å². The molecule has 0 amide bonds. The fraction of sp³-hybridized carbons (Fsp3) is 0.321. The first-order chi connectivity index (χ1) is 15.2. The molecule has 0 unspecified atom stereocenters. The Bertz CT molecular complexity index is 1200. The number of nitrogens with zero attached hydrogens (tertiary/aromatic N) is 3. The van der Waals surface area contributed by atoms with Crippen LogP contribution in [0, 0.1) is 19.7 Å². The molecule has 2 aromatic heterocycles. The topological polar surface area (TPSA) is 21.1 Å². The van der Waals surface area contributed by atoms with E-state index in [2.05, 4.69) is 79.6 Å². The predicted octanol–water partition coefficient (Wildman–Crippen LogP) is 6.47. The van der Waals surface area contributed by atoms with E-state index in [1.54, 1.807) is 0 Å². The zero-order valence-electron chi connectivity index (χ0n) is 19.7. The molecule has 166 valence electrons. The molecule has 0 N–H and O–H groups in total. The van der Waals surface area contributed by atoms with E-state index in [-0.39, 0.29) is 11.2 Å². The van der Waals surface area contributed by atoms with Crippen molar-refractivity contribution >= 4 is 10.9 Å². The highest BCUT2D eigenvalue weighted by Gasteiger charge is 2.18. The molecule has 0 spiro atoms. The average molecular weight is 430 g/mol. The number of fused-ring (bicyclic) bond motifs is 1. The molecule has 4 heteroatoms. The quantitative estimate of drug-likeness (QED) is 0.350. The van der Waals surface area contributed by atoms with Crippen LogP contribution in [0.25, 0.3) is 10.9 Å². The molecular weight excluding hydrogens is 397 g/mol. The van der Waals surface area contributed by atoms with Crippen molar-refractivity contribution in [3.63, 3.8) is 0 Å². The van der Waals surface area contributed by atoms with Crippen molar-refractivity contribution in [1.29, 1.82) is 0 Å². The molecule has 0 bridgehead atoms. The van der Waals surface area contributed by atoms with Crippen LogP contribution >= 0.6 is 0 Å². The minimum absolute atomic E-state index is 0.136. The molecule has 0 atom stereocenters. The molecule has 0 aliphatic carbocycles. The number of aromatic nitrogens is 2. The van der Waals surface area contributed by atoms with Crippen LogP contribution in [0.2, 0.25) is 0 Å². The third kappa shape index (κ3) is 4.55. The van der Waals surface area contributed by atoms with E-state index in [0.717, 1.165) is 30.6 Å². The van der Waals surface area contributed by atoms with Gasteiger partial charge in [0.15, 0.2) is 0 Å². The molecule has 3 nitrogen and oxygen atoms in total. The zero-order valence-corrected chi connectivity index (χ0v) is 19.7. The molecule has 4 aromatic rings. The molecule has 0 saturated carbocycles. The summed E-state index contributed by atoms with van der Waals surface area (Å²) in [5.74, 6) is -0.196. The summed E-state index contributed by atoms with van der Waals surface area (Å²) < 4.78 is 15.7. The number of aryl methyl sites for hydroxylation is 1. The number of halogens is 1. The van der Waals surface area contributed by atoms with Crippen LogP contribution in [-0.2, 0) is 18.4 Å². The molecule has 0 aliphatic rings. The minimum Gasteiger partial charge on any atom is -0.308 e. The first-order valence-electron chi connectivity index (χ1n) is 11.2. The molecule has 0 radical (unpaired) electrons. The second-order valence-corrected chi connectivity index (χ2v) is 9.63. The van der Waals surface area contributed by atoms with E-state index in [9.17, 15) is 4.39 Å². The summed E-state index contributed by atoms with van der Waals surface area (Å²) in [7, 11) is 0. The largest absolute Gasteiger partial charge is 0.308 e. The number of hydrogen-bond donors (Lipinski definition) is 0. The first-order valence-corrected chi connectivity index (χ1v) is 11.2. The van der Waals surface area contributed by atoms with E-state index in [0.29, 0.717) is 0 Å². The fourth-order valence-corrected chi connectivity index (χ4v) is 4.25. The molecular formula is C28H32FN3. The molecule has 4 rings (SSSR count). The minimum atomic E-state index is -0.196. The van der Waals surface area contributed by atoms with Gasteiger partial charge in [-0.05, 0) is 66.1 Å². The van der Waals surface area contributed by atoms with Gasteiger partial charge in [-0.15, -0.1) is 0 Å². The van der Waals surface area contributed by atoms with Crippen LogP contribution in [0.4, 0.5) is 4.39 Å². The van der Waals surface area contributed by atoms with Crippen molar-refractivity contribution in [2.45, 2.75) is 53.0 Å². The van der Waals surface area contributed by atoms with Crippen molar-refractivity contribution in [2.75, 3.05) is 11.6 Å². The van der Waals surface area contributed by atoms with Crippen LogP contribution in [0.15, 0.2) is 67.0 Å². The number of rotatable bonds is 6. The summed E-state index contributed by atoms with van der Waals surface area (Å²) in [6.07, 6.45) is 4.63. The maximum absolute atomic E-state index is 13.4. The molecule has 32 heavy (non-hydrogen) atoms. The van der Waals surface area contributed by atoms with E-state index in [1.165, 1.54) is 39.9 Å². The molecule has 2 aromatic carbocycles. The van der Waals surface area contributed by atoms with Crippen LogP contribution in [-0.4, -0.2) is 16.2 Å². The fourth-order valence-electron chi connectivity index (χ4n) is 4.25. The number of hydrogen-bond acceptors (Lipinski definition) is 2. The lowest BCUT2D eigenvalue weighted by Gasteiger charge is -2.29. The van der Waals surface area contributed by atoms with Gasteiger partial charge in [-0.3, -0.25) is 9.66 Å². The van der Waals surface area contributed by atoms with Crippen molar-refractivity contribution in [3.05, 3.63) is 101 Å². The number of benzene rings is 2. The Hall–Kier alpha value is -3.14. The van der Waals surface area contributed by atoms with E-state index in [1.807, 2.05) is 24.5 Å². The van der Waals surface area contributed by atoms with Gasteiger partial charge < -0.3 is 5.01 Å². The summed E-state index contributed by atoms with van der Waals surface area (Å²) in [4.78, 5) is 4.39. The SMILES string of the molecule is Cc1c(C)n(N(CCc2ccc(F)cc2)Cc2ccc(C(C)(C)C)cc2)c2cnccc12. The summed E-state index contributed by atoms with van der Waals surface area (Å²) in [6, 6.07) is 17.9. The summed E-state index contributed by atoms with van der Waals surface area (Å²) in [6.45, 7) is 12.6. The molecule has 0 fully saturated rings. The Morgan fingerprint density at radius 3 is 2.22 bits per heavy atom. The van der Waals surface area contributed by atoms with Gasteiger partial charge in [0, 0.05) is 23.8 Å². The van der Waals surface area contributed by atoms with Gasteiger partial charge in [0.2, 0.25) is 0 Å². The van der Waals surface area contributed by atoms with Gasteiger partial charge in [0.05, 0.1) is 18.3 Å². The summed E-state index contributed by atoms with van der Waals surface area (Å²) in [5, 5.41) is 3.61. The molecule has 0 aliphatic heterocycles. The summed E-state index contributed by atoms with van der Waals surface area (Å²) in [5.41, 5.74) is 7.48. The van der Waals surface area contributed by atoms with Gasteiger partial charge in [0.25, 0.3) is 0 Å². The van der Waals surface area contributed by atoms with Crippen LogP contribution in [0.3, 0.4) is 0 Å². The van der Waals surface area contributed by atoms with Crippen molar-refractivity contribution in [3.8, 4) is 0 Å². The highest BCUT2D eigenvalue weighted by atomic mass is 19.1. The highest BCUT2D eigenvalue weighted by molar-refractivity contribution is 5.84. The third-order valence-electron chi connectivity index (χ3n) is 6.33. The maximum Gasteiger partial charge on any atom is 0.123 e. The second kappa shape index (κ2) is 8.78. The Morgan fingerprint density at radius 1 is 0.906 bits per heavy atom. The van der Waals surface area contributed by atoms with Gasteiger partial charge in [-0.1, -0.05) is 57.2 Å². The van der Waals surface area contributed by atoms with E-state index >= 15 is 0 Å². The maximum atomic E-state index is 13.4.